The Bertz CT molecular complexity index is 369. The SMILES string of the molecule is C=CCN(CCOC)C(=O)c1nnc(Cl)s1. The number of hydrogen-bond acceptors (Lipinski definition) is 5. The summed E-state index contributed by atoms with van der Waals surface area (Å²) in [6.45, 7) is 4.99. The Hall–Kier alpha value is -0.980. The van der Waals surface area contributed by atoms with Crippen LogP contribution in [0.2, 0.25) is 4.47 Å². The standard InChI is InChI=1S/C9H12ClN3O2S/c1-3-4-13(5-6-15-2)8(14)7-11-12-9(10)16-7/h3H,1,4-6H2,2H3. The lowest BCUT2D eigenvalue weighted by Crippen LogP contribution is -2.34. The minimum atomic E-state index is -0.207. The van der Waals surface area contributed by atoms with Gasteiger partial charge in [0.1, 0.15) is 0 Å². The highest BCUT2D eigenvalue weighted by molar-refractivity contribution is 7.17. The average Bonchev–Trinajstić information content (AvgIpc) is 2.70. The molecule has 7 heteroatoms. The van der Waals surface area contributed by atoms with Crippen LogP contribution in [0.15, 0.2) is 12.7 Å². The van der Waals surface area contributed by atoms with Crippen molar-refractivity contribution in [1.82, 2.24) is 15.1 Å². The third kappa shape index (κ3) is 3.55. The molecule has 0 spiro atoms. The van der Waals surface area contributed by atoms with E-state index in [1.54, 1.807) is 18.1 Å². The Balaban J connectivity index is 2.69. The van der Waals surface area contributed by atoms with E-state index < -0.39 is 0 Å². The zero-order chi connectivity index (χ0) is 12.0. The van der Waals surface area contributed by atoms with E-state index in [1.807, 2.05) is 0 Å². The van der Waals surface area contributed by atoms with Crippen molar-refractivity contribution in [2.45, 2.75) is 0 Å². The zero-order valence-electron chi connectivity index (χ0n) is 8.85. The third-order valence-electron chi connectivity index (χ3n) is 1.79. The molecule has 0 bridgehead atoms. The van der Waals surface area contributed by atoms with Gasteiger partial charge in [0.15, 0.2) is 0 Å². The Morgan fingerprint density at radius 1 is 1.69 bits per heavy atom. The summed E-state index contributed by atoms with van der Waals surface area (Å²) in [6, 6.07) is 0. The highest BCUT2D eigenvalue weighted by Gasteiger charge is 2.18. The van der Waals surface area contributed by atoms with Gasteiger partial charge in [-0.25, -0.2) is 0 Å². The third-order valence-corrected chi connectivity index (χ3v) is 2.79. The van der Waals surface area contributed by atoms with E-state index in [9.17, 15) is 4.79 Å². The van der Waals surface area contributed by atoms with Gasteiger partial charge in [0.25, 0.3) is 5.91 Å². The van der Waals surface area contributed by atoms with E-state index in [4.69, 9.17) is 16.3 Å². The van der Waals surface area contributed by atoms with Crippen molar-refractivity contribution in [3.05, 3.63) is 22.1 Å². The first-order chi connectivity index (χ1) is 7.69. The van der Waals surface area contributed by atoms with Crippen LogP contribution in [0.25, 0.3) is 0 Å². The second-order valence-corrected chi connectivity index (χ2v) is 4.45. The number of rotatable bonds is 6. The number of ether oxygens (including phenoxy) is 1. The molecule has 0 fully saturated rings. The lowest BCUT2D eigenvalue weighted by molar-refractivity contribution is 0.0717. The van der Waals surface area contributed by atoms with Crippen LogP contribution in [-0.4, -0.2) is 47.8 Å². The molecule has 1 amide bonds. The number of carbonyl (C=O) groups excluding carboxylic acids is 1. The molecule has 0 aliphatic rings. The van der Waals surface area contributed by atoms with Crippen LogP contribution in [-0.2, 0) is 4.74 Å². The number of aromatic nitrogens is 2. The molecule has 0 saturated carbocycles. The van der Waals surface area contributed by atoms with Crippen LogP contribution in [0, 0.1) is 0 Å². The molecule has 1 aromatic rings. The van der Waals surface area contributed by atoms with Gasteiger partial charge in [-0.05, 0) is 11.6 Å². The van der Waals surface area contributed by atoms with Crippen molar-refractivity contribution in [2.75, 3.05) is 26.8 Å². The lowest BCUT2D eigenvalue weighted by Gasteiger charge is -2.18. The van der Waals surface area contributed by atoms with Gasteiger partial charge in [0, 0.05) is 20.2 Å². The molecule has 0 N–H and O–H groups in total. The van der Waals surface area contributed by atoms with E-state index in [2.05, 4.69) is 16.8 Å². The molecule has 0 saturated heterocycles. The number of hydrogen-bond donors (Lipinski definition) is 0. The van der Waals surface area contributed by atoms with Gasteiger partial charge >= 0.3 is 0 Å². The maximum atomic E-state index is 11.9. The molecule has 5 nitrogen and oxygen atoms in total. The molecule has 0 aromatic carbocycles. The fourth-order valence-corrected chi connectivity index (χ4v) is 1.86. The summed E-state index contributed by atoms with van der Waals surface area (Å²) in [6.07, 6.45) is 1.65. The minimum absolute atomic E-state index is 0.207. The molecule has 0 aliphatic carbocycles. The molecule has 0 radical (unpaired) electrons. The van der Waals surface area contributed by atoms with Gasteiger partial charge in [0.2, 0.25) is 9.47 Å². The number of amides is 1. The fraction of sp³-hybridized carbons (Fsp3) is 0.444. The normalized spacial score (nSPS) is 10.1. The van der Waals surface area contributed by atoms with E-state index in [0.717, 1.165) is 11.3 Å². The van der Waals surface area contributed by atoms with Crippen molar-refractivity contribution in [1.29, 1.82) is 0 Å². The predicted octanol–water partition coefficient (Wildman–Crippen LogP) is 1.47. The first kappa shape index (κ1) is 13.1. The van der Waals surface area contributed by atoms with Crippen molar-refractivity contribution >= 4 is 28.8 Å². The van der Waals surface area contributed by atoms with Crippen LogP contribution in [0.4, 0.5) is 0 Å². The highest BCUT2D eigenvalue weighted by atomic mass is 35.5. The number of carbonyl (C=O) groups is 1. The summed E-state index contributed by atoms with van der Waals surface area (Å²) in [5, 5.41) is 7.57. The fourth-order valence-electron chi connectivity index (χ4n) is 1.06. The summed E-state index contributed by atoms with van der Waals surface area (Å²) < 4.78 is 5.18. The quantitative estimate of drug-likeness (QED) is 0.728. The van der Waals surface area contributed by atoms with Crippen LogP contribution in [0.3, 0.4) is 0 Å². The molecule has 0 unspecified atom stereocenters. The Kier molecular flexibility index (Phi) is 5.37. The number of nitrogens with zero attached hydrogens (tertiary/aromatic N) is 3. The van der Waals surface area contributed by atoms with Gasteiger partial charge in [-0.3, -0.25) is 4.79 Å². The summed E-state index contributed by atoms with van der Waals surface area (Å²) in [5.41, 5.74) is 0. The lowest BCUT2D eigenvalue weighted by atomic mass is 10.4. The highest BCUT2D eigenvalue weighted by Crippen LogP contribution is 2.16. The Morgan fingerprint density at radius 3 is 2.94 bits per heavy atom. The van der Waals surface area contributed by atoms with Crippen LogP contribution in [0.5, 0.6) is 0 Å². The molecule has 88 valence electrons. The van der Waals surface area contributed by atoms with Gasteiger partial charge in [0.05, 0.1) is 6.61 Å². The monoisotopic (exact) mass is 261 g/mol. The number of methoxy groups -OCH3 is 1. The van der Waals surface area contributed by atoms with Crippen molar-refractivity contribution in [2.24, 2.45) is 0 Å². The predicted molar refractivity (Wildman–Crippen MR) is 62.9 cm³/mol. The summed E-state index contributed by atoms with van der Waals surface area (Å²) in [5.74, 6) is -0.207. The van der Waals surface area contributed by atoms with Crippen molar-refractivity contribution in [3.8, 4) is 0 Å². The van der Waals surface area contributed by atoms with Crippen LogP contribution < -0.4 is 0 Å². The Morgan fingerprint density at radius 2 is 2.44 bits per heavy atom. The van der Waals surface area contributed by atoms with Crippen LogP contribution >= 0.6 is 22.9 Å². The second-order valence-electron chi connectivity index (χ2n) is 2.89. The molecule has 1 rings (SSSR count). The molecule has 1 aromatic heterocycles. The topological polar surface area (TPSA) is 55.3 Å². The maximum Gasteiger partial charge on any atom is 0.285 e. The smallest absolute Gasteiger partial charge is 0.285 e. The molecular weight excluding hydrogens is 250 g/mol. The summed E-state index contributed by atoms with van der Waals surface area (Å²) in [4.78, 5) is 13.5. The zero-order valence-corrected chi connectivity index (χ0v) is 10.4. The first-order valence-corrected chi connectivity index (χ1v) is 5.76. The summed E-state index contributed by atoms with van der Waals surface area (Å²) in [7, 11) is 1.58. The minimum Gasteiger partial charge on any atom is -0.383 e. The van der Waals surface area contributed by atoms with Crippen molar-refractivity contribution in [3.63, 3.8) is 0 Å². The molecule has 0 atom stereocenters. The van der Waals surface area contributed by atoms with Gasteiger partial charge < -0.3 is 9.64 Å². The molecule has 16 heavy (non-hydrogen) atoms. The van der Waals surface area contributed by atoms with Gasteiger partial charge in [-0.2, -0.15) is 0 Å². The summed E-state index contributed by atoms with van der Waals surface area (Å²) >= 11 is 6.68. The first-order valence-electron chi connectivity index (χ1n) is 4.57. The van der Waals surface area contributed by atoms with E-state index in [1.165, 1.54) is 0 Å². The molecule has 0 aliphatic heterocycles. The van der Waals surface area contributed by atoms with Gasteiger partial charge in [-0.15, -0.1) is 16.8 Å². The van der Waals surface area contributed by atoms with Crippen LogP contribution in [0.1, 0.15) is 9.80 Å². The maximum absolute atomic E-state index is 11.9. The molecule has 1 heterocycles. The average molecular weight is 262 g/mol. The Labute approximate surface area is 103 Å². The number of halogens is 1. The molecular formula is C9H12ClN3O2S. The van der Waals surface area contributed by atoms with E-state index in [-0.39, 0.29) is 15.4 Å². The van der Waals surface area contributed by atoms with E-state index >= 15 is 0 Å². The van der Waals surface area contributed by atoms with E-state index in [0.29, 0.717) is 19.7 Å². The van der Waals surface area contributed by atoms with Gasteiger partial charge in [-0.1, -0.05) is 17.4 Å². The second kappa shape index (κ2) is 6.57. The largest absolute Gasteiger partial charge is 0.383 e. The van der Waals surface area contributed by atoms with Crippen molar-refractivity contribution < 1.29 is 9.53 Å².